The van der Waals surface area contributed by atoms with E-state index >= 15 is 0 Å². The number of unbranched alkanes of at least 4 members (excludes halogenated alkanes) is 14. The summed E-state index contributed by atoms with van der Waals surface area (Å²) in [5, 5.41) is 106. The second-order valence-electron chi connectivity index (χ2n) is 33.5. The van der Waals surface area contributed by atoms with Crippen LogP contribution in [0.5, 0.6) is 0 Å². The summed E-state index contributed by atoms with van der Waals surface area (Å²) in [6.45, 7) is 11.6. The van der Waals surface area contributed by atoms with Crippen molar-refractivity contribution in [1.82, 2.24) is 15.5 Å². The predicted molar refractivity (Wildman–Crippen MR) is 430 cm³/mol. The third-order valence-electron chi connectivity index (χ3n) is 22.1. The van der Waals surface area contributed by atoms with Crippen molar-refractivity contribution in [1.29, 1.82) is 0 Å². The maximum atomic E-state index is 14.2. The van der Waals surface area contributed by atoms with E-state index in [4.69, 9.17) is 47.4 Å². The monoisotopic (exact) mass is 1660 g/mol. The number of β-amino-alcohol motifs (C(OH)–C–C–N with tert-alkyl or cyclic N) is 1. The van der Waals surface area contributed by atoms with Gasteiger partial charge in [0, 0.05) is 146 Å². The Bertz CT molecular complexity index is 2490. The van der Waals surface area contributed by atoms with Crippen LogP contribution in [0.25, 0.3) is 0 Å². The van der Waals surface area contributed by atoms with Crippen molar-refractivity contribution in [2.24, 2.45) is 23.2 Å². The number of Topliss-reactive ketones (excluding diaryl/α,β-unsaturated/α-hetero) is 5. The normalized spacial score (nSPS) is 26.1. The van der Waals surface area contributed by atoms with Crippen molar-refractivity contribution < 1.29 is 137 Å². The zero-order valence-electron chi connectivity index (χ0n) is 70.1. The van der Waals surface area contributed by atoms with Gasteiger partial charge in [-0.1, -0.05) is 79.6 Å². The number of hydrogen-bond donors (Lipinski definition) is 12. The van der Waals surface area contributed by atoms with Gasteiger partial charge in [-0.25, -0.2) is 0 Å². The fraction of sp³-hybridized carbons (Fsp3) is 0.906. The Morgan fingerprint density at radius 2 is 0.707 bits per heavy atom. The van der Waals surface area contributed by atoms with Crippen LogP contribution < -0.4 is 10.6 Å². The van der Waals surface area contributed by atoms with Crippen LogP contribution in [0.3, 0.4) is 0 Å². The fourth-order valence-electron chi connectivity index (χ4n) is 14.6. The molecule has 4 rings (SSSR count). The van der Waals surface area contributed by atoms with Crippen molar-refractivity contribution >= 4 is 46.6 Å². The molecule has 676 valence electrons. The van der Waals surface area contributed by atoms with Gasteiger partial charge in [0.15, 0.2) is 18.9 Å². The quantitative estimate of drug-likeness (QED) is 0.0308. The van der Waals surface area contributed by atoms with E-state index in [-0.39, 0.29) is 183 Å². The lowest BCUT2D eigenvalue weighted by molar-refractivity contribution is -0.282. The molecule has 15 unspecified atom stereocenters. The summed E-state index contributed by atoms with van der Waals surface area (Å²) >= 11 is 0. The van der Waals surface area contributed by atoms with Gasteiger partial charge in [0.1, 0.15) is 65.5 Å². The molecule has 4 saturated heterocycles. The molecule has 0 aromatic heterocycles. The smallest absolute Gasteiger partial charge is 0.222 e. The zero-order chi connectivity index (χ0) is 84.6. The first-order valence-corrected chi connectivity index (χ1v) is 43.2. The molecule has 12 N–H and O–H groups in total. The molecule has 17 atom stereocenters. The number of amides is 3. The molecule has 31 heteroatoms. The van der Waals surface area contributed by atoms with E-state index in [0.29, 0.717) is 148 Å². The Kier molecular flexibility index (Phi) is 55.3. The van der Waals surface area contributed by atoms with E-state index in [1.165, 1.54) is 0 Å². The number of hydrogen-bond acceptors (Lipinski definition) is 28. The summed E-state index contributed by atoms with van der Waals surface area (Å²) in [4.78, 5) is 107. The molecule has 0 aromatic carbocycles. The van der Waals surface area contributed by atoms with E-state index in [9.17, 15) is 89.4 Å². The number of ketones is 5. The van der Waals surface area contributed by atoms with Crippen LogP contribution in [0.1, 0.15) is 274 Å². The van der Waals surface area contributed by atoms with Crippen LogP contribution in [0.15, 0.2) is 0 Å². The number of rotatable bonds is 67. The molecular formula is C85H153N3O28. The molecule has 0 radical (unpaired) electrons. The summed E-state index contributed by atoms with van der Waals surface area (Å²) in [5.74, 6) is -1.88. The predicted octanol–water partition coefficient (Wildman–Crippen LogP) is 6.05. The molecule has 4 heterocycles. The van der Waals surface area contributed by atoms with Gasteiger partial charge >= 0.3 is 0 Å². The molecular weight excluding hydrogens is 1510 g/mol. The van der Waals surface area contributed by atoms with Crippen LogP contribution in [0, 0.1) is 23.2 Å². The SMILES string of the molecule is C.CC1C(OCCCCC(=O)CCCCCC(=O)CCOCC(COCCC(=O)CCCCCC(=O)CCCCOC2OC(CO)C(O)C(O)C2C)(COCCC(=O)NCCCNC(=O)CCCCOC2OC(CO)C(O)C(O)C2C)CC(=O)CCCCCCCCCCC(=O)N2C[C@H](O)C[C@H]2COC(C)(C)C)OC(CO)C(O)C1O. The van der Waals surface area contributed by atoms with Gasteiger partial charge in [-0.2, -0.15) is 0 Å². The average molecular weight is 1670 g/mol. The van der Waals surface area contributed by atoms with Crippen molar-refractivity contribution in [3.05, 3.63) is 0 Å². The molecule has 0 saturated carbocycles. The number of nitrogens with zero attached hydrogens (tertiary/aromatic N) is 1. The van der Waals surface area contributed by atoms with Gasteiger partial charge < -0.3 is 114 Å². The number of aliphatic hydroxyl groups is 10. The van der Waals surface area contributed by atoms with E-state index in [2.05, 4.69) is 10.6 Å². The standard InChI is InChI=1S/C84H149N3O28.CH4/c1-58-74(100)77(103)68(51-88)113-80(58)109-42-24-21-32-62(91)28-16-13-18-30-64(93)37-45-106-55-84(49-66(95)34-15-11-9-7-8-10-12-20-36-73(99)87-50-67(96)48-61(87)54-112-83(4,5)6,56-107-46-38-65(94)31-19-14-17-29-63(92)33-22-25-43-110-81-59(2)75(101)78(104)69(52-89)114-81)57-108-47-39-72(98)86-41-27-40-85-71(97)35-23-26-44-111-82-60(3)76(102)79(105)70(53-90)115-82;/h58-61,67-70,74-82,88-90,96,100-105H,7-57H2,1-6H3,(H,85,97)(H,86,98);1H4/t58?,59?,60?,61-,67+,68?,69?,70?,74?,75?,76?,77?,78?,79?,80?,81?,82?,84?;/m0./s1. The maximum absolute atomic E-state index is 14.2. The van der Waals surface area contributed by atoms with Crippen LogP contribution in [-0.4, -0.2) is 300 Å². The van der Waals surface area contributed by atoms with Crippen molar-refractivity contribution in [2.45, 2.75) is 365 Å². The molecule has 4 aliphatic heterocycles. The fourth-order valence-corrected chi connectivity index (χ4v) is 14.6. The van der Waals surface area contributed by atoms with Crippen molar-refractivity contribution in [2.75, 3.05) is 106 Å². The first-order chi connectivity index (χ1) is 55.0. The number of nitrogens with one attached hydrogen (secondary N) is 2. The summed E-state index contributed by atoms with van der Waals surface area (Å²) in [5.41, 5.74) is -1.43. The van der Waals surface area contributed by atoms with Crippen LogP contribution in [-0.2, 0) is 85.7 Å². The summed E-state index contributed by atoms with van der Waals surface area (Å²) in [6.07, 6.45) is 5.30. The maximum Gasteiger partial charge on any atom is 0.222 e. The molecule has 31 nitrogen and oxygen atoms in total. The average Bonchev–Trinajstić information content (AvgIpc) is 1.19. The first-order valence-electron chi connectivity index (χ1n) is 43.2. The van der Waals surface area contributed by atoms with Gasteiger partial charge in [-0.15, -0.1) is 0 Å². The van der Waals surface area contributed by atoms with Gasteiger partial charge in [0.2, 0.25) is 17.7 Å². The lowest BCUT2D eigenvalue weighted by Gasteiger charge is -2.40. The van der Waals surface area contributed by atoms with Crippen LogP contribution in [0.4, 0.5) is 0 Å². The topological polar surface area (TPSA) is 458 Å². The molecule has 3 amide bonds. The molecule has 0 aromatic rings. The number of carbonyl (C=O) groups is 8. The van der Waals surface area contributed by atoms with Gasteiger partial charge in [0.05, 0.1) is 102 Å². The minimum Gasteiger partial charge on any atom is -0.394 e. The largest absolute Gasteiger partial charge is 0.394 e. The highest BCUT2D eigenvalue weighted by Crippen LogP contribution is 2.32. The molecule has 0 aliphatic carbocycles. The number of carbonyl (C=O) groups excluding carboxylic acids is 8. The molecule has 0 spiro atoms. The van der Waals surface area contributed by atoms with Crippen molar-refractivity contribution in [3.63, 3.8) is 0 Å². The van der Waals surface area contributed by atoms with E-state index < -0.39 is 123 Å². The molecule has 4 aliphatic rings. The second kappa shape index (κ2) is 60.5. The lowest BCUT2D eigenvalue weighted by Crippen LogP contribution is -2.55. The third-order valence-corrected chi connectivity index (χ3v) is 22.1. The highest BCUT2D eigenvalue weighted by atomic mass is 16.7. The van der Waals surface area contributed by atoms with E-state index in [1.54, 1.807) is 25.7 Å². The van der Waals surface area contributed by atoms with Crippen LogP contribution in [0.2, 0.25) is 0 Å². The Balaban J connectivity index is 0.0000348. The van der Waals surface area contributed by atoms with Crippen molar-refractivity contribution in [3.8, 4) is 0 Å². The minimum absolute atomic E-state index is 0. The van der Waals surface area contributed by atoms with Gasteiger partial charge in [-0.3, -0.25) is 38.4 Å². The second-order valence-corrected chi connectivity index (χ2v) is 33.5. The third kappa shape index (κ3) is 43.1. The van der Waals surface area contributed by atoms with E-state index in [0.717, 1.165) is 44.9 Å². The highest BCUT2D eigenvalue weighted by molar-refractivity contribution is 5.81. The molecule has 116 heavy (non-hydrogen) atoms. The summed E-state index contributed by atoms with van der Waals surface area (Å²) < 4.78 is 58.8. The Morgan fingerprint density at radius 3 is 1.09 bits per heavy atom. The summed E-state index contributed by atoms with van der Waals surface area (Å²) in [7, 11) is 0. The number of aliphatic hydroxyl groups excluding tert-OH is 10. The zero-order valence-corrected chi connectivity index (χ0v) is 70.1. The summed E-state index contributed by atoms with van der Waals surface area (Å²) in [6, 6.07) is -0.136. The van der Waals surface area contributed by atoms with Gasteiger partial charge in [0.25, 0.3) is 0 Å². The highest BCUT2D eigenvalue weighted by Gasteiger charge is 2.45. The Hall–Kier alpha value is -4.04. The van der Waals surface area contributed by atoms with Crippen LogP contribution >= 0.6 is 0 Å². The Labute approximate surface area is 690 Å². The number of ether oxygens (including phenoxy) is 10. The Morgan fingerprint density at radius 1 is 0.388 bits per heavy atom. The van der Waals surface area contributed by atoms with E-state index in [1.807, 2.05) is 20.8 Å². The molecule has 0 bridgehead atoms. The minimum atomic E-state index is -1.23. The number of likely N-dealkylation sites (tertiary alicyclic amines) is 1. The lowest BCUT2D eigenvalue weighted by atomic mass is 9.83. The van der Waals surface area contributed by atoms with Gasteiger partial charge in [-0.05, 0) is 111 Å². The molecule has 4 fully saturated rings. The first kappa shape index (κ1) is 106.